The summed E-state index contributed by atoms with van der Waals surface area (Å²) in [5, 5.41) is 4.66. The standard InChI is InChI=1S/C26H34F2N4O7S/c1-15-11-21-20(13-30(15)25(34)39-26(3,4)5)22-23(33)32(18(12-31(22)29-21)14-37-40(6,35)36)16(2)17-7-9-19(10-8-17)38-24(27)28/h7-10,15-16,18,24H,11-14H2,1-6H3/t15-,16?,18?/m1/s1. The molecule has 3 atom stereocenters. The van der Waals surface area contributed by atoms with E-state index in [9.17, 15) is 26.8 Å². The van der Waals surface area contributed by atoms with Crippen molar-refractivity contribution >= 4 is 22.1 Å². The van der Waals surface area contributed by atoms with Crippen LogP contribution >= 0.6 is 0 Å². The number of fused-ring (bicyclic) bond motifs is 3. The minimum atomic E-state index is -3.80. The molecule has 2 unspecified atom stereocenters. The van der Waals surface area contributed by atoms with E-state index in [1.165, 1.54) is 17.0 Å². The number of amides is 2. The highest BCUT2D eigenvalue weighted by Gasteiger charge is 2.43. The Morgan fingerprint density at radius 1 is 1.20 bits per heavy atom. The third-order valence-electron chi connectivity index (χ3n) is 6.80. The molecule has 11 nitrogen and oxygen atoms in total. The van der Waals surface area contributed by atoms with Gasteiger partial charge in [0.1, 0.15) is 17.0 Å². The molecule has 1 aromatic heterocycles. The zero-order chi connectivity index (χ0) is 29.6. The summed E-state index contributed by atoms with van der Waals surface area (Å²) in [5.41, 5.74) is 1.51. The third-order valence-corrected chi connectivity index (χ3v) is 7.37. The van der Waals surface area contributed by atoms with Gasteiger partial charge in [0.05, 0.1) is 43.7 Å². The van der Waals surface area contributed by atoms with Crippen molar-refractivity contribution < 1.29 is 40.4 Å². The maximum atomic E-state index is 14.1. The normalized spacial score (nSPS) is 20.3. The van der Waals surface area contributed by atoms with Crippen molar-refractivity contribution in [3.63, 3.8) is 0 Å². The first kappa shape index (κ1) is 29.7. The second-order valence-electron chi connectivity index (χ2n) is 11.1. The van der Waals surface area contributed by atoms with Gasteiger partial charge in [0, 0.05) is 18.0 Å². The van der Waals surface area contributed by atoms with Crippen LogP contribution in [-0.2, 0) is 38.5 Å². The summed E-state index contributed by atoms with van der Waals surface area (Å²) in [6, 6.07) is 4.37. The first-order valence-electron chi connectivity index (χ1n) is 12.8. The maximum absolute atomic E-state index is 14.1. The van der Waals surface area contributed by atoms with Crippen LogP contribution in [0.2, 0.25) is 0 Å². The molecular weight excluding hydrogens is 550 g/mol. The van der Waals surface area contributed by atoms with Crippen LogP contribution in [0.5, 0.6) is 5.75 Å². The van der Waals surface area contributed by atoms with Crippen LogP contribution in [0.3, 0.4) is 0 Å². The average molecular weight is 585 g/mol. The van der Waals surface area contributed by atoms with Crippen LogP contribution in [0, 0.1) is 0 Å². The van der Waals surface area contributed by atoms with Crippen LogP contribution in [0.1, 0.15) is 68.0 Å². The highest BCUT2D eigenvalue weighted by Crippen LogP contribution is 2.35. The van der Waals surface area contributed by atoms with Crippen molar-refractivity contribution in [2.75, 3.05) is 12.9 Å². The number of halogens is 2. The maximum Gasteiger partial charge on any atom is 0.410 e. The van der Waals surface area contributed by atoms with E-state index < -0.39 is 46.4 Å². The highest BCUT2D eigenvalue weighted by molar-refractivity contribution is 7.85. The molecule has 4 rings (SSSR count). The van der Waals surface area contributed by atoms with Gasteiger partial charge in [-0.1, -0.05) is 12.1 Å². The molecule has 1 aromatic carbocycles. The lowest BCUT2D eigenvalue weighted by Crippen LogP contribution is -2.52. The molecule has 220 valence electrons. The molecule has 0 spiro atoms. The Hall–Kier alpha value is -3.26. The lowest BCUT2D eigenvalue weighted by atomic mass is 9.97. The molecule has 2 amide bonds. The van der Waals surface area contributed by atoms with Gasteiger partial charge < -0.3 is 19.3 Å². The molecular formula is C26H34F2N4O7S. The number of nitrogens with zero attached hydrogens (tertiary/aromatic N) is 4. The molecule has 0 aliphatic carbocycles. The lowest BCUT2D eigenvalue weighted by Gasteiger charge is -2.40. The van der Waals surface area contributed by atoms with Crippen molar-refractivity contribution in [2.24, 2.45) is 0 Å². The second-order valence-corrected chi connectivity index (χ2v) is 12.7. The van der Waals surface area contributed by atoms with Crippen molar-refractivity contribution in [1.29, 1.82) is 0 Å². The van der Waals surface area contributed by atoms with Crippen LogP contribution in [0.15, 0.2) is 24.3 Å². The number of carbonyl (C=O) groups is 2. The second kappa shape index (κ2) is 11.0. The first-order chi connectivity index (χ1) is 18.5. The fourth-order valence-corrected chi connectivity index (χ4v) is 5.43. The van der Waals surface area contributed by atoms with Gasteiger partial charge in [-0.2, -0.15) is 22.3 Å². The summed E-state index contributed by atoms with van der Waals surface area (Å²) in [6.07, 6.45) is 0.843. The quantitative estimate of drug-likeness (QED) is 0.452. The fourth-order valence-electron chi connectivity index (χ4n) is 5.02. The van der Waals surface area contributed by atoms with Gasteiger partial charge >= 0.3 is 12.7 Å². The van der Waals surface area contributed by atoms with Gasteiger partial charge in [0.25, 0.3) is 16.0 Å². The third kappa shape index (κ3) is 6.54. The van der Waals surface area contributed by atoms with Crippen molar-refractivity contribution in [3.8, 4) is 5.75 Å². The molecule has 0 bridgehead atoms. The molecule has 40 heavy (non-hydrogen) atoms. The van der Waals surface area contributed by atoms with Crippen LogP contribution in [0.25, 0.3) is 0 Å². The largest absolute Gasteiger partial charge is 0.444 e. The van der Waals surface area contributed by atoms with Gasteiger partial charge in [-0.25, -0.2) is 4.79 Å². The van der Waals surface area contributed by atoms with Crippen molar-refractivity contribution in [3.05, 3.63) is 46.8 Å². The van der Waals surface area contributed by atoms with Gasteiger partial charge in [0.15, 0.2) is 0 Å². The van der Waals surface area contributed by atoms with Crippen LogP contribution < -0.4 is 4.74 Å². The Morgan fingerprint density at radius 2 is 1.85 bits per heavy atom. The van der Waals surface area contributed by atoms with E-state index in [0.717, 1.165) is 6.26 Å². The minimum absolute atomic E-state index is 0.0311. The SMILES string of the molecule is CC(c1ccc(OC(F)F)cc1)N1C(=O)c2c3c(nn2CC1COS(C)(=O)=O)C[C@@H](C)N(C(=O)OC(C)(C)C)C3. The van der Waals surface area contributed by atoms with E-state index >= 15 is 0 Å². The number of rotatable bonds is 7. The van der Waals surface area contributed by atoms with E-state index in [1.807, 2.05) is 6.92 Å². The monoisotopic (exact) mass is 584 g/mol. The summed E-state index contributed by atoms with van der Waals surface area (Å²) < 4.78 is 65.4. The first-order valence-corrected chi connectivity index (χ1v) is 14.7. The Balaban J connectivity index is 1.69. The van der Waals surface area contributed by atoms with Gasteiger partial charge in [0.2, 0.25) is 0 Å². The Bertz CT molecular complexity index is 1370. The Morgan fingerprint density at radius 3 is 2.42 bits per heavy atom. The summed E-state index contributed by atoms with van der Waals surface area (Å²) in [5.74, 6) is -0.447. The molecule has 3 heterocycles. The van der Waals surface area contributed by atoms with E-state index in [4.69, 9.17) is 8.92 Å². The molecule has 2 aliphatic heterocycles. The molecule has 0 N–H and O–H groups in total. The van der Waals surface area contributed by atoms with Crippen molar-refractivity contribution in [2.45, 2.75) is 84.5 Å². The van der Waals surface area contributed by atoms with Crippen LogP contribution in [-0.4, -0.2) is 77.2 Å². The Labute approximate surface area is 232 Å². The number of benzene rings is 1. The molecule has 0 radical (unpaired) electrons. The van der Waals surface area contributed by atoms with Gasteiger partial charge in [-0.3, -0.25) is 13.7 Å². The summed E-state index contributed by atoms with van der Waals surface area (Å²) >= 11 is 0. The number of hydrogen-bond donors (Lipinski definition) is 0. The average Bonchev–Trinajstić information content (AvgIpc) is 3.17. The van der Waals surface area contributed by atoms with E-state index in [2.05, 4.69) is 9.84 Å². The number of hydrogen-bond acceptors (Lipinski definition) is 8. The zero-order valence-electron chi connectivity index (χ0n) is 23.3. The molecule has 14 heteroatoms. The number of carbonyl (C=O) groups excluding carboxylic acids is 2. The highest BCUT2D eigenvalue weighted by atomic mass is 32.2. The number of aromatic nitrogens is 2. The lowest BCUT2D eigenvalue weighted by molar-refractivity contribution is -0.0498. The molecule has 0 saturated carbocycles. The molecule has 0 fully saturated rings. The fraction of sp³-hybridized carbons (Fsp3) is 0.577. The number of ether oxygens (including phenoxy) is 2. The summed E-state index contributed by atoms with van der Waals surface area (Å²) in [7, 11) is -3.80. The predicted molar refractivity (Wildman–Crippen MR) is 139 cm³/mol. The number of alkyl halides is 2. The molecule has 0 saturated heterocycles. The Kier molecular flexibility index (Phi) is 8.14. The van der Waals surface area contributed by atoms with Gasteiger partial charge in [-0.05, 0) is 52.3 Å². The van der Waals surface area contributed by atoms with Crippen LogP contribution in [0.4, 0.5) is 13.6 Å². The van der Waals surface area contributed by atoms with E-state index in [-0.39, 0.29) is 31.5 Å². The summed E-state index contributed by atoms with van der Waals surface area (Å²) in [4.78, 5) is 30.1. The molecule has 2 aliphatic rings. The van der Waals surface area contributed by atoms with Crippen molar-refractivity contribution in [1.82, 2.24) is 19.6 Å². The van der Waals surface area contributed by atoms with E-state index in [1.54, 1.807) is 49.4 Å². The van der Waals surface area contributed by atoms with E-state index in [0.29, 0.717) is 28.9 Å². The van der Waals surface area contributed by atoms with Gasteiger partial charge in [-0.15, -0.1) is 0 Å². The predicted octanol–water partition coefficient (Wildman–Crippen LogP) is 3.73. The zero-order valence-corrected chi connectivity index (χ0v) is 24.1. The minimum Gasteiger partial charge on any atom is -0.444 e. The topological polar surface area (TPSA) is 120 Å². The summed E-state index contributed by atoms with van der Waals surface area (Å²) in [6.45, 7) is 5.97. The molecule has 2 aromatic rings. The smallest absolute Gasteiger partial charge is 0.410 e.